The third-order valence-corrected chi connectivity index (χ3v) is 2.19. The summed E-state index contributed by atoms with van der Waals surface area (Å²) >= 11 is 0. The van der Waals surface area contributed by atoms with Crippen molar-refractivity contribution in [1.29, 1.82) is 0 Å². The second kappa shape index (κ2) is 4.25. The summed E-state index contributed by atoms with van der Waals surface area (Å²) in [6.45, 7) is 0. The van der Waals surface area contributed by atoms with Crippen molar-refractivity contribution in [3.8, 4) is 5.82 Å². The Hall–Kier alpha value is -2.06. The van der Waals surface area contributed by atoms with Gasteiger partial charge in [0, 0.05) is 12.4 Å². The highest BCUT2D eigenvalue weighted by atomic mass is 19.4. The minimum absolute atomic E-state index is 0.136. The van der Waals surface area contributed by atoms with Crippen molar-refractivity contribution in [2.45, 2.75) is 12.4 Å². The van der Waals surface area contributed by atoms with E-state index in [1.807, 2.05) is 0 Å². The molecular weight excluding hydrogens is 276 g/mol. The fourth-order valence-electron chi connectivity index (χ4n) is 1.29. The molecule has 0 saturated heterocycles. The highest BCUT2D eigenvalue weighted by Gasteiger charge is 2.34. The standard InChI is InChI=1S/C10H5F6N3/c11-9(12,13)6-1-2-8(17-5-6)19-4-3-7(18-19)10(14,15)16/h1-5H. The Morgan fingerprint density at radius 1 is 0.895 bits per heavy atom. The quantitative estimate of drug-likeness (QED) is 0.751. The van der Waals surface area contributed by atoms with Crippen molar-refractivity contribution in [3.63, 3.8) is 0 Å². The fourth-order valence-corrected chi connectivity index (χ4v) is 1.29. The molecule has 0 N–H and O–H groups in total. The molecule has 0 bridgehead atoms. The van der Waals surface area contributed by atoms with E-state index in [0.29, 0.717) is 12.3 Å². The average Bonchev–Trinajstić information content (AvgIpc) is 2.77. The van der Waals surface area contributed by atoms with Gasteiger partial charge in [-0.3, -0.25) is 0 Å². The molecule has 0 fully saturated rings. The van der Waals surface area contributed by atoms with E-state index in [-0.39, 0.29) is 5.82 Å². The van der Waals surface area contributed by atoms with Gasteiger partial charge in [-0.25, -0.2) is 9.67 Å². The lowest BCUT2D eigenvalue weighted by atomic mass is 10.3. The molecule has 2 aromatic heterocycles. The molecule has 0 aromatic carbocycles. The minimum atomic E-state index is -4.61. The first-order valence-corrected chi connectivity index (χ1v) is 4.84. The molecule has 2 rings (SSSR count). The van der Waals surface area contributed by atoms with Gasteiger partial charge in [-0.2, -0.15) is 31.4 Å². The first-order valence-electron chi connectivity index (χ1n) is 4.84. The van der Waals surface area contributed by atoms with E-state index in [2.05, 4.69) is 10.1 Å². The maximum Gasteiger partial charge on any atom is 0.435 e. The molecule has 0 spiro atoms. The maximum atomic E-state index is 12.3. The van der Waals surface area contributed by atoms with Crippen LogP contribution in [0.3, 0.4) is 0 Å². The average molecular weight is 281 g/mol. The van der Waals surface area contributed by atoms with E-state index in [0.717, 1.165) is 23.0 Å². The third kappa shape index (κ3) is 2.85. The Bertz CT molecular complexity index is 566. The minimum Gasteiger partial charge on any atom is -0.237 e. The Kier molecular flexibility index (Phi) is 2.99. The first kappa shape index (κ1) is 13.4. The van der Waals surface area contributed by atoms with E-state index < -0.39 is 23.6 Å². The van der Waals surface area contributed by atoms with E-state index in [1.165, 1.54) is 0 Å². The van der Waals surface area contributed by atoms with Crippen molar-refractivity contribution >= 4 is 0 Å². The van der Waals surface area contributed by atoms with Crippen LogP contribution < -0.4 is 0 Å². The monoisotopic (exact) mass is 281 g/mol. The van der Waals surface area contributed by atoms with E-state index in [4.69, 9.17) is 0 Å². The molecule has 0 aliphatic carbocycles. The summed E-state index contributed by atoms with van der Waals surface area (Å²) in [6.07, 6.45) is -7.66. The fraction of sp³-hybridized carbons (Fsp3) is 0.200. The van der Waals surface area contributed by atoms with Crippen LogP contribution in [0.15, 0.2) is 30.6 Å². The van der Waals surface area contributed by atoms with Gasteiger partial charge in [0.2, 0.25) is 0 Å². The zero-order chi connectivity index (χ0) is 14.3. The Labute approximate surface area is 102 Å². The summed E-state index contributed by atoms with van der Waals surface area (Å²) in [6, 6.07) is 2.37. The molecule has 2 heterocycles. The maximum absolute atomic E-state index is 12.3. The smallest absolute Gasteiger partial charge is 0.237 e. The van der Waals surface area contributed by atoms with Crippen LogP contribution in [0.5, 0.6) is 0 Å². The van der Waals surface area contributed by atoms with Crippen LogP contribution in [0.2, 0.25) is 0 Å². The molecular formula is C10H5F6N3. The molecule has 2 aromatic rings. The number of aromatic nitrogens is 3. The number of rotatable bonds is 1. The van der Waals surface area contributed by atoms with Crippen LogP contribution in [0.1, 0.15) is 11.3 Å². The van der Waals surface area contributed by atoms with Crippen molar-refractivity contribution in [3.05, 3.63) is 41.9 Å². The van der Waals surface area contributed by atoms with Crippen LogP contribution in [-0.4, -0.2) is 14.8 Å². The molecule has 0 radical (unpaired) electrons. The van der Waals surface area contributed by atoms with Gasteiger partial charge in [0.05, 0.1) is 5.56 Å². The van der Waals surface area contributed by atoms with Gasteiger partial charge in [0.15, 0.2) is 11.5 Å². The molecule has 3 nitrogen and oxygen atoms in total. The van der Waals surface area contributed by atoms with Gasteiger partial charge in [0.1, 0.15) is 0 Å². The number of pyridine rings is 1. The molecule has 19 heavy (non-hydrogen) atoms. The lowest BCUT2D eigenvalue weighted by Crippen LogP contribution is -2.09. The summed E-state index contributed by atoms with van der Waals surface area (Å²) in [4.78, 5) is 3.42. The van der Waals surface area contributed by atoms with Gasteiger partial charge in [-0.15, -0.1) is 0 Å². The summed E-state index contributed by atoms with van der Waals surface area (Å²) in [5.41, 5.74) is -2.13. The molecule has 0 aliphatic rings. The molecule has 0 atom stereocenters. The van der Waals surface area contributed by atoms with E-state index >= 15 is 0 Å². The van der Waals surface area contributed by atoms with Crippen molar-refractivity contribution in [2.75, 3.05) is 0 Å². The number of halogens is 6. The van der Waals surface area contributed by atoms with Gasteiger partial charge in [-0.1, -0.05) is 0 Å². The van der Waals surface area contributed by atoms with Crippen LogP contribution in [0.25, 0.3) is 5.82 Å². The third-order valence-electron chi connectivity index (χ3n) is 2.19. The van der Waals surface area contributed by atoms with Crippen LogP contribution in [0.4, 0.5) is 26.3 Å². The highest BCUT2D eigenvalue weighted by molar-refractivity contribution is 5.26. The highest BCUT2D eigenvalue weighted by Crippen LogP contribution is 2.29. The summed E-state index contributed by atoms with van der Waals surface area (Å²) in [5.74, 6) is -0.136. The van der Waals surface area contributed by atoms with Crippen LogP contribution in [-0.2, 0) is 12.4 Å². The first-order chi connectivity index (χ1) is 8.68. The molecule has 0 unspecified atom stereocenters. The largest absolute Gasteiger partial charge is 0.435 e. The van der Waals surface area contributed by atoms with Crippen molar-refractivity contribution in [1.82, 2.24) is 14.8 Å². The predicted molar refractivity (Wildman–Crippen MR) is 51.4 cm³/mol. The second-order valence-electron chi connectivity index (χ2n) is 3.55. The number of nitrogens with zero attached hydrogens (tertiary/aromatic N) is 3. The molecule has 0 aliphatic heterocycles. The van der Waals surface area contributed by atoms with Crippen molar-refractivity contribution in [2.24, 2.45) is 0 Å². The molecule has 9 heteroatoms. The zero-order valence-corrected chi connectivity index (χ0v) is 9.00. The lowest BCUT2D eigenvalue weighted by molar-refractivity contribution is -0.141. The number of hydrogen-bond acceptors (Lipinski definition) is 2. The second-order valence-corrected chi connectivity index (χ2v) is 3.55. The van der Waals surface area contributed by atoms with Crippen LogP contribution in [0, 0.1) is 0 Å². The Balaban J connectivity index is 2.31. The van der Waals surface area contributed by atoms with Crippen LogP contribution >= 0.6 is 0 Å². The van der Waals surface area contributed by atoms with E-state index in [1.54, 1.807) is 0 Å². The Morgan fingerprint density at radius 3 is 2.00 bits per heavy atom. The molecule has 0 amide bonds. The zero-order valence-electron chi connectivity index (χ0n) is 9.00. The topological polar surface area (TPSA) is 30.7 Å². The normalized spacial score (nSPS) is 12.7. The number of alkyl halides is 6. The molecule has 102 valence electrons. The molecule has 0 saturated carbocycles. The van der Waals surface area contributed by atoms with E-state index in [9.17, 15) is 26.3 Å². The van der Waals surface area contributed by atoms with Gasteiger partial charge < -0.3 is 0 Å². The van der Waals surface area contributed by atoms with Gasteiger partial charge >= 0.3 is 12.4 Å². The van der Waals surface area contributed by atoms with Crippen molar-refractivity contribution < 1.29 is 26.3 Å². The summed E-state index contributed by atoms with van der Waals surface area (Å²) < 4.78 is 74.4. The van der Waals surface area contributed by atoms with Gasteiger partial charge in [0.25, 0.3) is 0 Å². The predicted octanol–water partition coefficient (Wildman–Crippen LogP) is 3.30. The SMILES string of the molecule is FC(F)(F)c1ccc(-n2ccc(C(F)(F)F)n2)nc1. The number of hydrogen-bond donors (Lipinski definition) is 0. The van der Waals surface area contributed by atoms with Gasteiger partial charge in [-0.05, 0) is 18.2 Å². The summed E-state index contributed by atoms with van der Waals surface area (Å²) in [7, 11) is 0. The Morgan fingerprint density at radius 2 is 1.58 bits per heavy atom. The summed E-state index contributed by atoms with van der Waals surface area (Å²) in [5, 5.41) is 3.19. The lowest BCUT2D eigenvalue weighted by Gasteiger charge is -2.06.